The van der Waals surface area contributed by atoms with E-state index in [1.165, 1.54) is 12.1 Å². The molecule has 0 saturated heterocycles. The van der Waals surface area contributed by atoms with Crippen molar-refractivity contribution in [3.05, 3.63) is 51.5 Å². The maximum absolute atomic E-state index is 11.5. The summed E-state index contributed by atoms with van der Waals surface area (Å²) >= 11 is 5.95. The van der Waals surface area contributed by atoms with Gasteiger partial charge in [-0.1, -0.05) is 11.6 Å². The van der Waals surface area contributed by atoms with Crippen LogP contribution < -0.4 is 10.2 Å². The number of hydroxylamine groups is 1. The third-order valence-electron chi connectivity index (χ3n) is 4.18. The maximum atomic E-state index is 11.5. The normalized spacial score (nSPS) is 10.8. The Morgan fingerprint density at radius 1 is 1.24 bits per heavy atom. The molecule has 0 radical (unpaired) electrons. The molecule has 3 aromatic rings. The van der Waals surface area contributed by atoms with Gasteiger partial charge >= 0.3 is 5.69 Å². The summed E-state index contributed by atoms with van der Waals surface area (Å²) in [7, 11) is 0. The largest absolute Gasteiger partial charge is 0.487 e. The summed E-state index contributed by atoms with van der Waals surface area (Å²) in [5.74, 6) is -0.0521. The first kappa shape index (κ1) is 20.6. The number of rotatable bonds is 9. The van der Waals surface area contributed by atoms with Crippen LogP contribution in [0.1, 0.15) is 25.7 Å². The molecule has 0 aliphatic rings. The van der Waals surface area contributed by atoms with Gasteiger partial charge in [0.25, 0.3) is 0 Å². The van der Waals surface area contributed by atoms with E-state index < -0.39 is 10.8 Å². The van der Waals surface area contributed by atoms with Crippen LogP contribution in [0.2, 0.25) is 5.02 Å². The number of hydrogen-bond donors (Lipinski definition) is 2. The lowest BCUT2D eigenvalue weighted by Crippen LogP contribution is -2.17. The molecule has 1 aromatic heterocycles. The molecular formula is C19H18ClN3O6. The fourth-order valence-corrected chi connectivity index (χ4v) is 2.91. The Morgan fingerprint density at radius 3 is 2.83 bits per heavy atom. The smallest absolute Gasteiger partial charge is 0.311 e. The number of aromatic nitrogens is 1. The predicted octanol–water partition coefficient (Wildman–Crippen LogP) is 4.50. The van der Waals surface area contributed by atoms with Crippen LogP contribution in [0, 0.1) is 10.1 Å². The number of nitrogens with one attached hydrogen (secondary N) is 1. The van der Waals surface area contributed by atoms with E-state index in [1.807, 2.05) is 0 Å². The highest BCUT2D eigenvalue weighted by Crippen LogP contribution is 2.33. The molecule has 0 bridgehead atoms. The number of unbranched alkanes of at least 4 members (excludes halogenated alkanes) is 2. The molecule has 9 nitrogen and oxygen atoms in total. The summed E-state index contributed by atoms with van der Waals surface area (Å²) in [4.78, 5) is 26.2. The molecule has 2 N–H and O–H groups in total. The van der Waals surface area contributed by atoms with Crippen molar-refractivity contribution in [2.24, 2.45) is 0 Å². The monoisotopic (exact) mass is 419 g/mol. The van der Waals surface area contributed by atoms with Crippen molar-refractivity contribution in [2.45, 2.75) is 25.7 Å². The summed E-state index contributed by atoms with van der Waals surface area (Å²) in [6.45, 7) is 0.266. The standard InChI is InChI=1S/C19H18ClN3O6/c20-13-6-8-16-14(11-13)21-19(29-16)12-5-7-17(15(10-12)23(26)27)28-9-3-1-2-4-18(24)22-25/h5-8,10-11,25H,1-4,9H2,(H,22,24). The van der Waals surface area contributed by atoms with Gasteiger partial charge in [-0.25, -0.2) is 10.5 Å². The van der Waals surface area contributed by atoms with Crippen LogP contribution in [-0.2, 0) is 4.79 Å². The SMILES string of the molecule is O=C(CCCCCOc1ccc(-c2nc3cc(Cl)ccc3o2)cc1[N+](=O)[O-])NO. The summed E-state index contributed by atoms with van der Waals surface area (Å²) in [6, 6.07) is 9.51. The van der Waals surface area contributed by atoms with Gasteiger partial charge in [0.15, 0.2) is 11.3 Å². The second-order valence-electron chi connectivity index (χ2n) is 6.26. The third-order valence-corrected chi connectivity index (χ3v) is 4.42. The predicted molar refractivity (Wildman–Crippen MR) is 105 cm³/mol. The van der Waals surface area contributed by atoms with Crippen molar-refractivity contribution < 1.29 is 24.1 Å². The lowest BCUT2D eigenvalue weighted by Gasteiger charge is -2.07. The molecule has 0 atom stereocenters. The van der Waals surface area contributed by atoms with Crippen molar-refractivity contribution in [1.82, 2.24) is 10.5 Å². The van der Waals surface area contributed by atoms with E-state index in [9.17, 15) is 14.9 Å². The first-order chi connectivity index (χ1) is 14.0. The fourth-order valence-electron chi connectivity index (χ4n) is 2.74. The highest BCUT2D eigenvalue weighted by Gasteiger charge is 2.19. The number of amides is 1. The molecule has 10 heteroatoms. The fraction of sp³-hybridized carbons (Fsp3) is 0.263. The van der Waals surface area contributed by atoms with Gasteiger partial charge in [-0.05, 0) is 49.6 Å². The molecule has 1 amide bonds. The van der Waals surface area contributed by atoms with Gasteiger partial charge in [-0.15, -0.1) is 0 Å². The van der Waals surface area contributed by atoms with Crippen LogP contribution in [0.4, 0.5) is 5.69 Å². The molecule has 0 aliphatic carbocycles. The van der Waals surface area contributed by atoms with Crippen LogP contribution >= 0.6 is 11.6 Å². The molecule has 0 aliphatic heterocycles. The van der Waals surface area contributed by atoms with E-state index in [0.717, 1.165) is 0 Å². The van der Waals surface area contributed by atoms with Crippen LogP contribution in [0.25, 0.3) is 22.6 Å². The Hall–Kier alpha value is -3.17. The maximum Gasteiger partial charge on any atom is 0.311 e. The minimum atomic E-state index is -0.524. The number of nitro groups is 1. The molecule has 2 aromatic carbocycles. The molecule has 0 saturated carbocycles. The lowest BCUT2D eigenvalue weighted by atomic mass is 10.2. The zero-order valence-electron chi connectivity index (χ0n) is 15.3. The van der Waals surface area contributed by atoms with Gasteiger partial charge in [0.05, 0.1) is 11.5 Å². The molecule has 29 heavy (non-hydrogen) atoms. The van der Waals surface area contributed by atoms with Crippen molar-refractivity contribution in [1.29, 1.82) is 0 Å². The quantitative estimate of drug-likeness (QED) is 0.226. The molecule has 0 fully saturated rings. The number of nitro benzene ring substituents is 1. The average molecular weight is 420 g/mol. The second kappa shape index (κ2) is 9.35. The molecular weight excluding hydrogens is 402 g/mol. The number of nitrogens with zero attached hydrogens (tertiary/aromatic N) is 2. The van der Waals surface area contributed by atoms with Gasteiger partial charge in [0.1, 0.15) is 5.52 Å². The van der Waals surface area contributed by atoms with Gasteiger partial charge < -0.3 is 9.15 Å². The number of carbonyl (C=O) groups is 1. The number of carbonyl (C=O) groups excluding carboxylic acids is 1. The first-order valence-corrected chi connectivity index (χ1v) is 9.26. The number of oxazole rings is 1. The van der Waals surface area contributed by atoms with Crippen LogP contribution in [0.5, 0.6) is 5.75 Å². The Kier molecular flexibility index (Phi) is 6.63. The summed E-state index contributed by atoms with van der Waals surface area (Å²) in [6.07, 6.45) is 2.09. The molecule has 3 rings (SSSR count). The molecule has 152 valence electrons. The number of hydrogen-bond acceptors (Lipinski definition) is 7. The highest BCUT2D eigenvalue weighted by atomic mass is 35.5. The highest BCUT2D eigenvalue weighted by molar-refractivity contribution is 6.31. The van der Waals surface area contributed by atoms with Crippen molar-refractivity contribution in [2.75, 3.05) is 6.61 Å². The van der Waals surface area contributed by atoms with Crippen molar-refractivity contribution in [3.63, 3.8) is 0 Å². The average Bonchev–Trinajstić information content (AvgIpc) is 3.13. The Morgan fingerprint density at radius 2 is 2.07 bits per heavy atom. The van der Waals surface area contributed by atoms with E-state index >= 15 is 0 Å². The van der Waals surface area contributed by atoms with Crippen LogP contribution in [-0.4, -0.2) is 27.6 Å². The Balaban J connectivity index is 1.68. The number of ether oxygens (including phenoxy) is 1. The van der Waals surface area contributed by atoms with Gasteiger partial charge in [-0.2, -0.15) is 0 Å². The summed E-state index contributed by atoms with van der Waals surface area (Å²) in [5.41, 5.74) is 2.92. The third kappa shape index (κ3) is 5.21. The van der Waals surface area contributed by atoms with E-state index in [4.69, 9.17) is 26.0 Å². The van der Waals surface area contributed by atoms with Crippen molar-refractivity contribution >= 4 is 34.3 Å². The van der Waals surface area contributed by atoms with Crippen LogP contribution in [0.15, 0.2) is 40.8 Å². The number of fused-ring (bicyclic) bond motifs is 1. The topological polar surface area (TPSA) is 128 Å². The summed E-state index contributed by atoms with van der Waals surface area (Å²) < 4.78 is 11.2. The Labute approximate surface area is 170 Å². The van der Waals surface area contributed by atoms with E-state index in [1.54, 1.807) is 29.7 Å². The van der Waals surface area contributed by atoms with Gasteiger partial charge in [0, 0.05) is 23.1 Å². The van der Waals surface area contributed by atoms with E-state index in [-0.39, 0.29) is 30.4 Å². The van der Waals surface area contributed by atoms with Gasteiger partial charge in [0.2, 0.25) is 11.8 Å². The number of halogens is 1. The molecule has 0 spiro atoms. The van der Waals surface area contributed by atoms with Gasteiger partial charge in [-0.3, -0.25) is 20.1 Å². The minimum absolute atomic E-state index is 0.144. The molecule has 1 heterocycles. The lowest BCUT2D eigenvalue weighted by molar-refractivity contribution is -0.385. The van der Waals surface area contributed by atoms with E-state index in [0.29, 0.717) is 40.9 Å². The first-order valence-electron chi connectivity index (χ1n) is 8.88. The minimum Gasteiger partial charge on any atom is -0.487 e. The second-order valence-corrected chi connectivity index (χ2v) is 6.70. The summed E-state index contributed by atoms with van der Waals surface area (Å²) in [5, 5.41) is 20.4. The zero-order valence-corrected chi connectivity index (χ0v) is 16.0. The Bertz CT molecular complexity index is 1040. The molecule has 0 unspecified atom stereocenters. The zero-order chi connectivity index (χ0) is 20.8. The van der Waals surface area contributed by atoms with Crippen LogP contribution in [0.3, 0.4) is 0 Å². The number of benzene rings is 2. The van der Waals surface area contributed by atoms with Crippen molar-refractivity contribution in [3.8, 4) is 17.2 Å². The van der Waals surface area contributed by atoms with E-state index in [2.05, 4.69) is 4.98 Å².